The van der Waals surface area contributed by atoms with Gasteiger partial charge < -0.3 is 9.72 Å². The molecule has 1 fully saturated rings. The van der Waals surface area contributed by atoms with Gasteiger partial charge in [0.2, 0.25) is 0 Å². The van der Waals surface area contributed by atoms with E-state index in [2.05, 4.69) is 9.97 Å². The highest BCUT2D eigenvalue weighted by Gasteiger charge is 2.35. The first-order valence-corrected chi connectivity index (χ1v) is 6.98. The Morgan fingerprint density at radius 3 is 2.73 bits per heavy atom. The number of nitrogens with zero attached hydrogens (tertiary/aromatic N) is 2. The van der Waals surface area contributed by atoms with Gasteiger partial charge in [0.05, 0.1) is 12.1 Å². The third-order valence-corrected chi connectivity index (χ3v) is 4.00. The van der Waals surface area contributed by atoms with E-state index in [-0.39, 0.29) is 24.3 Å². The predicted molar refractivity (Wildman–Crippen MR) is 73.5 cm³/mol. The lowest BCUT2D eigenvalue weighted by Crippen LogP contribution is -2.26. The van der Waals surface area contributed by atoms with Crippen LogP contribution in [0.4, 0.5) is 13.2 Å². The van der Waals surface area contributed by atoms with Crippen molar-refractivity contribution < 1.29 is 17.9 Å². The lowest BCUT2D eigenvalue weighted by atomic mass is 10.1. The van der Waals surface area contributed by atoms with Crippen molar-refractivity contribution in [2.75, 3.05) is 13.7 Å². The zero-order chi connectivity index (χ0) is 15.7. The van der Waals surface area contributed by atoms with Crippen molar-refractivity contribution in [3.63, 3.8) is 0 Å². The normalized spacial score (nSPS) is 22.4. The maximum atomic E-state index is 13.8. The van der Waals surface area contributed by atoms with Crippen LogP contribution in [0, 0.1) is 17.5 Å². The van der Waals surface area contributed by atoms with E-state index in [4.69, 9.17) is 4.74 Å². The second-order valence-corrected chi connectivity index (χ2v) is 5.37. The average Bonchev–Trinajstić information content (AvgIpc) is 3.13. The number of hydrogen-bond donors (Lipinski definition) is 1. The summed E-state index contributed by atoms with van der Waals surface area (Å²) in [4.78, 5) is 9.22. The zero-order valence-corrected chi connectivity index (χ0v) is 12.0. The van der Waals surface area contributed by atoms with E-state index >= 15 is 0 Å². The van der Waals surface area contributed by atoms with Crippen LogP contribution in [0.25, 0.3) is 0 Å². The molecule has 0 amide bonds. The van der Waals surface area contributed by atoms with Gasteiger partial charge in [-0.1, -0.05) is 0 Å². The fourth-order valence-electron chi connectivity index (χ4n) is 2.85. The molecule has 1 saturated heterocycles. The number of likely N-dealkylation sites (tertiary alicyclic amines) is 1. The Balaban J connectivity index is 1.84. The van der Waals surface area contributed by atoms with Gasteiger partial charge in [0, 0.05) is 44.2 Å². The van der Waals surface area contributed by atoms with E-state index in [9.17, 15) is 13.2 Å². The number of ether oxygens (including phenoxy) is 1. The minimum absolute atomic E-state index is 0.0107. The molecule has 2 aromatic rings. The number of aromatic nitrogens is 2. The van der Waals surface area contributed by atoms with Crippen molar-refractivity contribution in [2.24, 2.45) is 0 Å². The molecule has 0 spiro atoms. The molecule has 1 aliphatic heterocycles. The van der Waals surface area contributed by atoms with Gasteiger partial charge in [-0.3, -0.25) is 4.90 Å². The topological polar surface area (TPSA) is 41.1 Å². The van der Waals surface area contributed by atoms with Crippen molar-refractivity contribution in [3.05, 3.63) is 53.4 Å². The molecule has 118 valence electrons. The van der Waals surface area contributed by atoms with Gasteiger partial charge in [-0.25, -0.2) is 18.2 Å². The summed E-state index contributed by atoms with van der Waals surface area (Å²) in [5.74, 6) is -2.23. The maximum absolute atomic E-state index is 13.8. The van der Waals surface area contributed by atoms with Crippen LogP contribution in [-0.2, 0) is 11.3 Å². The molecule has 1 aliphatic rings. The number of imidazole rings is 1. The van der Waals surface area contributed by atoms with Gasteiger partial charge in [0.15, 0.2) is 11.6 Å². The SMILES string of the molecule is CO[C@@H]1CC(c2ncc[nH]2)N(Cc2cc(F)c(F)cc2F)C1. The third kappa shape index (κ3) is 2.86. The van der Waals surface area contributed by atoms with Crippen LogP contribution in [0.1, 0.15) is 23.9 Å². The van der Waals surface area contributed by atoms with E-state index in [1.807, 2.05) is 4.90 Å². The molecule has 1 unspecified atom stereocenters. The van der Waals surface area contributed by atoms with Crippen LogP contribution in [0.15, 0.2) is 24.5 Å². The lowest BCUT2D eigenvalue weighted by Gasteiger charge is -2.22. The fraction of sp³-hybridized carbons (Fsp3) is 0.400. The largest absolute Gasteiger partial charge is 0.380 e. The van der Waals surface area contributed by atoms with Crippen molar-refractivity contribution in [1.82, 2.24) is 14.9 Å². The Morgan fingerprint density at radius 2 is 2.05 bits per heavy atom. The monoisotopic (exact) mass is 311 g/mol. The van der Waals surface area contributed by atoms with E-state index in [0.29, 0.717) is 19.0 Å². The Morgan fingerprint density at radius 1 is 1.27 bits per heavy atom. The number of methoxy groups -OCH3 is 1. The van der Waals surface area contributed by atoms with E-state index in [0.717, 1.165) is 11.9 Å². The quantitative estimate of drug-likeness (QED) is 0.883. The van der Waals surface area contributed by atoms with Crippen LogP contribution in [-0.4, -0.2) is 34.6 Å². The summed E-state index contributed by atoms with van der Waals surface area (Å²) in [6, 6.07) is 1.41. The number of nitrogens with one attached hydrogen (secondary N) is 1. The van der Waals surface area contributed by atoms with Gasteiger partial charge in [0.1, 0.15) is 11.6 Å². The van der Waals surface area contributed by atoms with Crippen molar-refractivity contribution >= 4 is 0 Å². The number of halogens is 3. The smallest absolute Gasteiger partial charge is 0.161 e. The Hall–Kier alpha value is -1.86. The van der Waals surface area contributed by atoms with Crippen LogP contribution >= 0.6 is 0 Å². The molecular formula is C15H16F3N3O. The number of benzene rings is 1. The first-order chi connectivity index (χ1) is 10.6. The molecule has 2 atom stereocenters. The van der Waals surface area contributed by atoms with Gasteiger partial charge >= 0.3 is 0 Å². The Labute approximate surface area is 125 Å². The summed E-state index contributed by atoms with van der Waals surface area (Å²) in [5.41, 5.74) is 0.118. The lowest BCUT2D eigenvalue weighted by molar-refractivity contribution is 0.107. The van der Waals surface area contributed by atoms with Gasteiger partial charge in [-0.15, -0.1) is 0 Å². The average molecular weight is 311 g/mol. The molecule has 1 aromatic heterocycles. The summed E-state index contributed by atoms with van der Waals surface area (Å²) >= 11 is 0. The molecule has 7 heteroatoms. The number of hydrogen-bond acceptors (Lipinski definition) is 3. The molecule has 0 saturated carbocycles. The first kappa shape index (κ1) is 15.1. The fourth-order valence-corrected chi connectivity index (χ4v) is 2.85. The summed E-state index contributed by atoms with van der Waals surface area (Å²) < 4.78 is 45.6. The second-order valence-electron chi connectivity index (χ2n) is 5.37. The molecule has 1 N–H and O–H groups in total. The number of rotatable bonds is 4. The van der Waals surface area contributed by atoms with Crippen LogP contribution in [0.3, 0.4) is 0 Å². The van der Waals surface area contributed by atoms with Crippen LogP contribution in [0.5, 0.6) is 0 Å². The number of H-pyrrole nitrogens is 1. The summed E-state index contributed by atoms with van der Waals surface area (Å²) in [6.45, 7) is 0.731. The van der Waals surface area contributed by atoms with Gasteiger partial charge in [-0.2, -0.15) is 0 Å². The third-order valence-electron chi connectivity index (χ3n) is 4.00. The maximum Gasteiger partial charge on any atom is 0.161 e. The summed E-state index contributed by atoms with van der Waals surface area (Å²) in [5, 5.41) is 0. The Bertz CT molecular complexity index is 648. The summed E-state index contributed by atoms with van der Waals surface area (Å²) in [7, 11) is 1.62. The molecule has 0 radical (unpaired) electrons. The van der Waals surface area contributed by atoms with E-state index in [1.165, 1.54) is 0 Å². The molecule has 1 aromatic carbocycles. The second kappa shape index (κ2) is 6.10. The van der Waals surface area contributed by atoms with Crippen molar-refractivity contribution in [1.29, 1.82) is 0 Å². The predicted octanol–water partition coefficient (Wildman–Crippen LogP) is 2.79. The van der Waals surface area contributed by atoms with Crippen LogP contribution < -0.4 is 0 Å². The molecule has 4 nitrogen and oxygen atoms in total. The highest BCUT2D eigenvalue weighted by molar-refractivity contribution is 5.20. The van der Waals surface area contributed by atoms with Crippen LogP contribution in [0.2, 0.25) is 0 Å². The zero-order valence-electron chi connectivity index (χ0n) is 12.0. The van der Waals surface area contributed by atoms with Gasteiger partial charge in [0.25, 0.3) is 0 Å². The molecule has 0 aliphatic carbocycles. The Kier molecular flexibility index (Phi) is 4.17. The highest BCUT2D eigenvalue weighted by atomic mass is 19.2. The summed E-state index contributed by atoms with van der Waals surface area (Å²) in [6.07, 6.45) is 4.05. The van der Waals surface area contributed by atoms with E-state index in [1.54, 1.807) is 19.5 Å². The minimum atomic E-state index is -1.18. The van der Waals surface area contributed by atoms with Crippen molar-refractivity contribution in [3.8, 4) is 0 Å². The first-order valence-electron chi connectivity index (χ1n) is 6.98. The molecular weight excluding hydrogens is 295 g/mol. The molecule has 2 heterocycles. The minimum Gasteiger partial charge on any atom is -0.380 e. The van der Waals surface area contributed by atoms with Gasteiger partial charge in [-0.05, 0) is 12.5 Å². The van der Waals surface area contributed by atoms with Crippen molar-refractivity contribution in [2.45, 2.75) is 25.1 Å². The number of aromatic amines is 1. The molecule has 0 bridgehead atoms. The highest BCUT2D eigenvalue weighted by Crippen LogP contribution is 2.33. The van der Waals surface area contributed by atoms with E-state index < -0.39 is 17.5 Å². The standard InChI is InChI=1S/C15H16F3N3O/c1-22-10-5-14(15-19-2-3-20-15)21(8-10)7-9-4-12(17)13(18)6-11(9)16/h2-4,6,10,14H,5,7-8H2,1H3,(H,19,20)/t10-,14?/m1/s1. The molecule has 22 heavy (non-hydrogen) atoms. The molecule has 3 rings (SSSR count).